The van der Waals surface area contributed by atoms with Gasteiger partial charge in [0.2, 0.25) is 5.91 Å². The van der Waals surface area contributed by atoms with Crippen molar-refractivity contribution in [3.05, 3.63) is 28.5 Å². The van der Waals surface area contributed by atoms with E-state index in [1.807, 2.05) is 12.3 Å². The van der Waals surface area contributed by atoms with Crippen LogP contribution in [0.2, 0.25) is 0 Å². The lowest BCUT2D eigenvalue weighted by Gasteiger charge is -2.20. The van der Waals surface area contributed by atoms with E-state index in [0.29, 0.717) is 12.5 Å². The van der Waals surface area contributed by atoms with Crippen LogP contribution in [-0.4, -0.2) is 23.6 Å². The van der Waals surface area contributed by atoms with Gasteiger partial charge in [-0.1, -0.05) is 0 Å². The van der Waals surface area contributed by atoms with Gasteiger partial charge in [0.05, 0.1) is 6.04 Å². The minimum absolute atomic E-state index is 0.0226. The van der Waals surface area contributed by atoms with Gasteiger partial charge in [0, 0.05) is 23.5 Å². The standard InChI is InChI=1S/C14H17BrN2O2/c15-11-6-10(7-16-8-11)13(9-3-4-9)17-14(18)12-2-1-5-19-12/h6-9,12-13H,1-5H2,(H,17,18)/t12-,13-/m0/s1. The third kappa shape index (κ3) is 3.15. The minimum Gasteiger partial charge on any atom is -0.368 e. The number of aromatic nitrogens is 1. The molecule has 1 aromatic heterocycles. The zero-order valence-corrected chi connectivity index (χ0v) is 12.2. The topological polar surface area (TPSA) is 51.2 Å². The summed E-state index contributed by atoms with van der Waals surface area (Å²) in [7, 11) is 0. The summed E-state index contributed by atoms with van der Waals surface area (Å²) in [6.07, 6.45) is 7.48. The van der Waals surface area contributed by atoms with E-state index in [-0.39, 0.29) is 18.1 Å². The molecule has 3 rings (SSSR count). The van der Waals surface area contributed by atoms with E-state index in [2.05, 4.69) is 26.2 Å². The molecule has 5 heteroatoms. The molecule has 1 saturated heterocycles. The lowest BCUT2D eigenvalue weighted by atomic mass is 10.0. The summed E-state index contributed by atoms with van der Waals surface area (Å²) in [6, 6.07) is 2.10. The van der Waals surface area contributed by atoms with Crippen LogP contribution >= 0.6 is 15.9 Å². The molecule has 0 radical (unpaired) electrons. The molecular weight excluding hydrogens is 308 g/mol. The Morgan fingerprint density at radius 2 is 2.26 bits per heavy atom. The Balaban J connectivity index is 1.72. The number of carbonyl (C=O) groups excluding carboxylic acids is 1. The van der Waals surface area contributed by atoms with Gasteiger partial charge in [0.15, 0.2) is 0 Å². The van der Waals surface area contributed by atoms with Crippen molar-refractivity contribution < 1.29 is 9.53 Å². The van der Waals surface area contributed by atoms with Crippen molar-refractivity contribution in [3.8, 4) is 0 Å². The molecule has 1 aromatic rings. The quantitative estimate of drug-likeness (QED) is 0.926. The summed E-state index contributed by atoms with van der Waals surface area (Å²) in [6.45, 7) is 0.699. The van der Waals surface area contributed by atoms with Crippen molar-refractivity contribution in [2.24, 2.45) is 5.92 Å². The second-order valence-corrected chi connectivity index (χ2v) is 6.18. The van der Waals surface area contributed by atoms with Gasteiger partial charge < -0.3 is 10.1 Å². The first-order valence-corrected chi connectivity index (χ1v) is 7.56. The molecule has 4 nitrogen and oxygen atoms in total. The first kappa shape index (κ1) is 13.1. The van der Waals surface area contributed by atoms with Gasteiger partial charge in [-0.05, 0) is 59.2 Å². The average molecular weight is 325 g/mol. The van der Waals surface area contributed by atoms with Crippen molar-refractivity contribution in [1.29, 1.82) is 0 Å². The van der Waals surface area contributed by atoms with E-state index in [1.165, 1.54) is 12.8 Å². The molecule has 2 aliphatic rings. The van der Waals surface area contributed by atoms with E-state index < -0.39 is 0 Å². The zero-order chi connectivity index (χ0) is 13.2. The first-order valence-electron chi connectivity index (χ1n) is 6.76. The van der Waals surface area contributed by atoms with E-state index in [4.69, 9.17) is 4.74 Å². The summed E-state index contributed by atoms with van der Waals surface area (Å²) < 4.78 is 6.38. The van der Waals surface area contributed by atoms with Gasteiger partial charge in [-0.2, -0.15) is 0 Å². The van der Waals surface area contributed by atoms with Gasteiger partial charge in [0.1, 0.15) is 6.10 Å². The normalized spacial score (nSPS) is 24.2. The molecule has 102 valence electrons. The maximum atomic E-state index is 12.2. The van der Waals surface area contributed by atoms with Gasteiger partial charge in [-0.3, -0.25) is 9.78 Å². The van der Waals surface area contributed by atoms with Crippen LogP contribution in [0.5, 0.6) is 0 Å². The molecule has 2 atom stereocenters. The number of pyridine rings is 1. The highest BCUT2D eigenvalue weighted by atomic mass is 79.9. The Kier molecular flexibility index (Phi) is 3.84. The number of nitrogens with zero attached hydrogens (tertiary/aromatic N) is 1. The number of hydrogen-bond donors (Lipinski definition) is 1. The van der Waals surface area contributed by atoms with Crippen LogP contribution in [0.3, 0.4) is 0 Å². The number of nitrogens with one attached hydrogen (secondary N) is 1. The SMILES string of the molecule is O=C(N[C@H](c1cncc(Br)c1)C1CC1)[C@@H]1CCCO1. The summed E-state index contributed by atoms with van der Waals surface area (Å²) >= 11 is 3.43. The molecule has 2 fully saturated rings. The maximum absolute atomic E-state index is 12.2. The molecule has 0 spiro atoms. The van der Waals surface area contributed by atoms with Crippen molar-refractivity contribution in [2.45, 2.75) is 37.8 Å². The molecule has 1 aliphatic carbocycles. The molecule has 0 unspecified atom stereocenters. The number of carbonyl (C=O) groups is 1. The second kappa shape index (κ2) is 5.59. The number of hydrogen-bond acceptors (Lipinski definition) is 3. The minimum atomic E-state index is -0.263. The molecule has 19 heavy (non-hydrogen) atoms. The Morgan fingerprint density at radius 1 is 1.42 bits per heavy atom. The van der Waals surface area contributed by atoms with Crippen LogP contribution in [0, 0.1) is 5.92 Å². The van der Waals surface area contributed by atoms with Crippen molar-refractivity contribution in [2.75, 3.05) is 6.61 Å². The van der Waals surface area contributed by atoms with E-state index >= 15 is 0 Å². The van der Waals surface area contributed by atoms with Gasteiger partial charge in [-0.25, -0.2) is 0 Å². The smallest absolute Gasteiger partial charge is 0.249 e. The van der Waals surface area contributed by atoms with Crippen LogP contribution in [0.15, 0.2) is 22.9 Å². The zero-order valence-electron chi connectivity index (χ0n) is 10.6. The molecule has 0 bridgehead atoms. The van der Waals surface area contributed by atoms with Crippen LogP contribution < -0.4 is 5.32 Å². The van der Waals surface area contributed by atoms with Crippen LogP contribution in [0.25, 0.3) is 0 Å². The third-order valence-corrected chi connectivity index (χ3v) is 4.13. The van der Waals surface area contributed by atoms with E-state index in [9.17, 15) is 4.79 Å². The van der Waals surface area contributed by atoms with Crippen LogP contribution in [-0.2, 0) is 9.53 Å². The van der Waals surface area contributed by atoms with Crippen molar-refractivity contribution in [1.82, 2.24) is 10.3 Å². The number of halogens is 1. The van der Waals surface area contributed by atoms with Gasteiger partial charge in [0.25, 0.3) is 0 Å². The summed E-state index contributed by atoms with van der Waals surface area (Å²) in [5.41, 5.74) is 1.07. The first-order chi connectivity index (χ1) is 9.24. The van der Waals surface area contributed by atoms with E-state index in [0.717, 1.165) is 22.9 Å². The van der Waals surface area contributed by atoms with Crippen molar-refractivity contribution in [3.63, 3.8) is 0 Å². The monoisotopic (exact) mass is 324 g/mol. The molecule has 2 heterocycles. The molecule has 1 aliphatic heterocycles. The van der Waals surface area contributed by atoms with E-state index in [1.54, 1.807) is 6.20 Å². The fourth-order valence-electron chi connectivity index (χ4n) is 2.53. The lowest BCUT2D eigenvalue weighted by molar-refractivity contribution is -0.131. The highest BCUT2D eigenvalue weighted by molar-refractivity contribution is 9.10. The Bertz CT molecular complexity index is 470. The Morgan fingerprint density at radius 3 is 2.89 bits per heavy atom. The maximum Gasteiger partial charge on any atom is 0.249 e. The molecular formula is C14H17BrN2O2. The van der Waals surface area contributed by atoms with Crippen molar-refractivity contribution >= 4 is 21.8 Å². The molecule has 1 amide bonds. The van der Waals surface area contributed by atoms with Crippen LogP contribution in [0.4, 0.5) is 0 Å². The Labute approximate surface area is 121 Å². The highest BCUT2D eigenvalue weighted by Gasteiger charge is 2.35. The third-order valence-electron chi connectivity index (χ3n) is 3.70. The second-order valence-electron chi connectivity index (χ2n) is 5.26. The summed E-state index contributed by atoms with van der Waals surface area (Å²) in [5.74, 6) is 0.566. The molecule has 0 aromatic carbocycles. The number of ether oxygens (including phenoxy) is 1. The lowest BCUT2D eigenvalue weighted by Crippen LogP contribution is -2.37. The molecule has 1 saturated carbocycles. The largest absolute Gasteiger partial charge is 0.368 e. The number of amides is 1. The highest BCUT2D eigenvalue weighted by Crippen LogP contribution is 2.41. The fraction of sp³-hybridized carbons (Fsp3) is 0.571. The fourth-order valence-corrected chi connectivity index (χ4v) is 2.91. The summed E-state index contributed by atoms with van der Waals surface area (Å²) in [4.78, 5) is 16.4. The van der Waals surface area contributed by atoms with Crippen LogP contribution in [0.1, 0.15) is 37.3 Å². The average Bonchev–Trinajstić information content (AvgIpc) is 3.09. The van der Waals surface area contributed by atoms with Gasteiger partial charge >= 0.3 is 0 Å². The number of rotatable bonds is 4. The predicted octanol–water partition coefficient (Wildman–Crippen LogP) is 2.59. The Hall–Kier alpha value is -0.940. The molecule has 1 N–H and O–H groups in total. The van der Waals surface area contributed by atoms with Gasteiger partial charge in [-0.15, -0.1) is 0 Å². The predicted molar refractivity (Wildman–Crippen MR) is 74.5 cm³/mol. The summed E-state index contributed by atoms with van der Waals surface area (Å²) in [5, 5.41) is 3.14.